The Morgan fingerprint density at radius 2 is 2.24 bits per heavy atom. The second-order valence-electron chi connectivity index (χ2n) is 4.81. The van der Waals surface area contributed by atoms with Crippen molar-refractivity contribution in [2.45, 2.75) is 50.7 Å². The fourth-order valence-electron chi connectivity index (χ4n) is 2.71. The molecule has 0 bridgehead atoms. The van der Waals surface area contributed by atoms with E-state index in [2.05, 4.69) is 10.3 Å². The molecule has 0 saturated heterocycles. The molecule has 1 aromatic heterocycles. The highest BCUT2D eigenvalue weighted by Crippen LogP contribution is 2.37. The van der Waals surface area contributed by atoms with Crippen LogP contribution < -0.4 is 0 Å². The third-order valence-electron chi connectivity index (χ3n) is 3.54. The van der Waals surface area contributed by atoms with Crippen LogP contribution in [-0.4, -0.2) is 38.4 Å². The van der Waals surface area contributed by atoms with E-state index in [1.807, 2.05) is 20.2 Å². The number of ether oxygens (including phenoxy) is 1. The molecule has 1 unspecified atom stereocenters. The van der Waals surface area contributed by atoms with Gasteiger partial charge in [0.1, 0.15) is 0 Å². The SMILES string of the molecule is CCOC1(C(O)Cc2cn(C)nn2)CCCC1. The molecule has 1 fully saturated rings. The molecule has 17 heavy (non-hydrogen) atoms. The Morgan fingerprint density at radius 1 is 1.53 bits per heavy atom. The number of nitrogens with zero attached hydrogens (tertiary/aromatic N) is 3. The molecule has 0 aliphatic heterocycles. The number of hydrogen-bond acceptors (Lipinski definition) is 4. The minimum atomic E-state index is -0.485. The molecule has 5 heteroatoms. The molecule has 5 nitrogen and oxygen atoms in total. The van der Waals surface area contributed by atoms with Gasteiger partial charge in [-0.3, -0.25) is 4.68 Å². The quantitative estimate of drug-likeness (QED) is 0.835. The summed E-state index contributed by atoms with van der Waals surface area (Å²) in [5.74, 6) is 0. The molecular formula is C12H21N3O2. The maximum atomic E-state index is 10.4. The zero-order valence-electron chi connectivity index (χ0n) is 10.6. The highest BCUT2D eigenvalue weighted by atomic mass is 16.5. The van der Waals surface area contributed by atoms with Crippen LogP contribution in [0.15, 0.2) is 6.20 Å². The maximum absolute atomic E-state index is 10.4. The Bertz CT molecular complexity index is 358. The predicted molar refractivity (Wildman–Crippen MR) is 63.5 cm³/mol. The zero-order chi connectivity index (χ0) is 12.3. The van der Waals surface area contributed by atoms with Gasteiger partial charge in [-0.1, -0.05) is 18.1 Å². The first-order chi connectivity index (χ1) is 8.16. The fraction of sp³-hybridized carbons (Fsp3) is 0.833. The minimum absolute atomic E-state index is 0.355. The Kier molecular flexibility index (Phi) is 3.79. The fourth-order valence-corrected chi connectivity index (χ4v) is 2.71. The van der Waals surface area contributed by atoms with Crippen molar-refractivity contribution in [3.8, 4) is 0 Å². The van der Waals surface area contributed by atoms with Crippen LogP contribution in [0.5, 0.6) is 0 Å². The van der Waals surface area contributed by atoms with Crippen molar-refractivity contribution in [2.75, 3.05) is 6.61 Å². The lowest BCUT2D eigenvalue weighted by Gasteiger charge is -2.33. The standard InChI is InChI=1S/C12H21N3O2/c1-3-17-12(6-4-5-7-12)11(16)8-10-9-15(2)14-13-10/h9,11,16H,3-8H2,1-2H3. The molecule has 2 rings (SSSR count). The van der Waals surface area contributed by atoms with Gasteiger partial charge >= 0.3 is 0 Å². The van der Waals surface area contributed by atoms with Crippen molar-refractivity contribution in [2.24, 2.45) is 7.05 Å². The van der Waals surface area contributed by atoms with Crippen LogP contribution in [0.3, 0.4) is 0 Å². The van der Waals surface area contributed by atoms with Crippen molar-refractivity contribution in [1.82, 2.24) is 15.0 Å². The largest absolute Gasteiger partial charge is 0.390 e. The topological polar surface area (TPSA) is 60.2 Å². The lowest BCUT2D eigenvalue weighted by molar-refractivity contribution is -0.115. The van der Waals surface area contributed by atoms with Gasteiger partial charge < -0.3 is 9.84 Å². The highest BCUT2D eigenvalue weighted by Gasteiger charge is 2.41. The summed E-state index contributed by atoms with van der Waals surface area (Å²) in [5.41, 5.74) is 0.470. The van der Waals surface area contributed by atoms with Gasteiger partial charge in [0.25, 0.3) is 0 Å². The molecule has 1 saturated carbocycles. The molecule has 1 aliphatic rings. The van der Waals surface area contributed by atoms with Crippen LogP contribution in [0.1, 0.15) is 38.3 Å². The third kappa shape index (κ3) is 2.66. The van der Waals surface area contributed by atoms with Gasteiger partial charge in [-0.05, 0) is 19.8 Å². The first kappa shape index (κ1) is 12.5. The molecule has 1 aliphatic carbocycles. The second-order valence-corrected chi connectivity index (χ2v) is 4.81. The molecule has 0 aromatic carbocycles. The number of rotatable bonds is 5. The van der Waals surface area contributed by atoms with E-state index in [9.17, 15) is 5.11 Å². The Balaban J connectivity index is 2.03. The summed E-state index contributed by atoms with van der Waals surface area (Å²) < 4.78 is 7.48. The van der Waals surface area contributed by atoms with Crippen LogP contribution in [0.4, 0.5) is 0 Å². The summed E-state index contributed by atoms with van der Waals surface area (Å²) in [6.07, 6.45) is 6.05. The van der Waals surface area contributed by atoms with Gasteiger partial charge in [-0.25, -0.2) is 0 Å². The number of aliphatic hydroxyl groups is 1. The van der Waals surface area contributed by atoms with Gasteiger partial charge in [0, 0.05) is 26.3 Å². The summed E-state index contributed by atoms with van der Waals surface area (Å²) in [7, 11) is 1.83. The molecule has 0 radical (unpaired) electrons. The van der Waals surface area contributed by atoms with Gasteiger partial charge in [0.2, 0.25) is 0 Å². The van der Waals surface area contributed by atoms with E-state index >= 15 is 0 Å². The monoisotopic (exact) mass is 239 g/mol. The van der Waals surface area contributed by atoms with E-state index < -0.39 is 6.10 Å². The number of aromatic nitrogens is 3. The van der Waals surface area contributed by atoms with Gasteiger partial charge in [-0.15, -0.1) is 5.10 Å². The average Bonchev–Trinajstić information content (AvgIpc) is 2.89. The molecular weight excluding hydrogens is 218 g/mol. The van der Waals surface area contributed by atoms with Crippen LogP contribution >= 0.6 is 0 Å². The molecule has 0 amide bonds. The molecule has 1 atom stereocenters. The van der Waals surface area contributed by atoms with Crippen molar-refractivity contribution < 1.29 is 9.84 Å². The van der Waals surface area contributed by atoms with Crippen LogP contribution in [0.2, 0.25) is 0 Å². The van der Waals surface area contributed by atoms with E-state index in [4.69, 9.17) is 4.74 Å². The van der Waals surface area contributed by atoms with Crippen molar-refractivity contribution in [1.29, 1.82) is 0 Å². The average molecular weight is 239 g/mol. The first-order valence-corrected chi connectivity index (χ1v) is 6.33. The van der Waals surface area contributed by atoms with Crippen LogP contribution in [0, 0.1) is 0 Å². The Hall–Kier alpha value is -0.940. The molecule has 1 aromatic rings. The first-order valence-electron chi connectivity index (χ1n) is 6.33. The van der Waals surface area contributed by atoms with Crippen LogP contribution in [0.25, 0.3) is 0 Å². The molecule has 1 heterocycles. The predicted octanol–water partition coefficient (Wildman–Crippen LogP) is 1.07. The Morgan fingerprint density at radius 3 is 2.76 bits per heavy atom. The van der Waals surface area contributed by atoms with Gasteiger partial charge in [0.05, 0.1) is 17.4 Å². The lowest BCUT2D eigenvalue weighted by atomic mass is 9.91. The summed E-state index contributed by atoms with van der Waals surface area (Å²) in [6, 6.07) is 0. The number of aryl methyl sites for hydroxylation is 1. The number of hydrogen-bond donors (Lipinski definition) is 1. The molecule has 96 valence electrons. The normalized spacial score (nSPS) is 20.6. The summed E-state index contributed by atoms with van der Waals surface area (Å²) >= 11 is 0. The summed E-state index contributed by atoms with van der Waals surface area (Å²) in [4.78, 5) is 0. The van der Waals surface area contributed by atoms with E-state index in [0.717, 1.165) is 31.4 Å². The van der Waals surface area contributed by atoms with E-state index in [1.165, 1.54) is 0 Å². The summed E-state index contributed by atoms with van der Waals surface area (Å²) in [5, 5.41) is 18.3. The van der Waals surface area contributed by atoms with E-state index in [0.29, 0.717) is 13.0 Å². The zero-order valence-corrected chi connectivity index (χ0v) is 10.6. The lowest BCUT2D eigenvalue weighted by Crippen LogP contribution is -2.43. The molecule has 1 N–H and O–H groups in total. The van der Waals surface area contributed by atoms with Crippen molar-refractivity contribution in [3.05, 3.63) is 11.9 Å². The molecule has 0 spiro atoms. The summed E-state index contributed by atoms with van der Waals surface area (Å²) in [6.45, 7) is 2.63. The van der Waals surface area contributed by atoms with Gasteiger partial charge in [-0.2, -0.15) is 0 Å². The third-order valence-corrected chi connectivity index (χ3v) is 3.54. The van der Waals surface area contributed by atoms with Crippen molar-refractivity contribution in [3.63, 3.8) is 0 Å². The van der Waals surface area contributed by atoms with Gasteiger partial charge in [0.15, 0.2) is 0 Å². The maximum Gasteiger partial charge on any atom is 0.0943 e. The van der Waals surface area contributed by atoms with Crippen molar-refractivity contribution >= 4 is 0 Å². The Labute approximate surface area is 102 Å². The van der Waals surface area contributed by atoms with E-state index in [1.54, 1.807) is 4.68 Å². The smallest absolute Gasteiger partial charge is 0.0943 e. The number of aliphatic hydroxyl groups excluding tert-OH is 1. The second kappa shape index (κ2) is 5.14. The van der Waals surface area contributed by atoms with Crippen LogP contribution in [-0.2, 0) is 18.2 Å². The van der Waals surface area contributed by atoms with E-state index in [-0.39, 0.29) is 5.60 Å². The highest BCUT2D eigenvalue weighted by molar-refractivity contribution is 5.01. The minimum Gasteiger partial charge on any atom is -0.390 e.